The van der Waals surface area contributed by atoms with Crippen LogP contribution in [0.15, 0.2) is 54.6 Å². The first-order valence-corrected chi connectivity index (χ1v) is 7.39. The number of alkyl carbamates (subject to hydrolysis) is 1. The smallest absolute Gasteiger partial charge is 0.407 e. The van der Waals surface area contributed by atoms with Gasteiger partial charge in [-0.2, -0.15) is 0 Å². The average molecular weight is 344 g/mol. The van der Waals surface area contributed by atoms with Crippen LogP contribution in [0, 0.1) is 10.1 Å². The topological polar surface area (TPSA) is 119 Å². The summed E-state index contributed by atoms with van der Waals surface area (Å²) in [4.78, 5) is 33.1. The van der Waals surface area contributed by atoms with E-state index >= 15 is 0 Å². The molecule has 25 heavy (non-hydrogen) atoms. The molecule has 8 nitrogen and oxygen atoms in total. The maximum absolute atomic E-state index is 11.9. The highest BCUT2D eigenvalue weighted by Gasteiger charge is 2.20. The Morgan fingerprint density at radius 3 is 2.32 bits per heavy atom. The van der Waals surface area contributed by atoms with Gasteiger partial charge in [0.15, 0.2) is 0 Å². The second-order valence-electron chi connectivity index (χ2n) is 5.21. The molecule has 0 bridgehead atoms. The number of nitrogens with zero attached hydrogens (tertiary/aromatic N) is 1. The van der Waals surface area contributed by atoms with Crippen molar-refractivity contribution in [2.45, 2.75) is 19.1 Å². The van der Waals surface area contributed by atoms with Crippen molar-refractivity contribution in [3.05, 3.63) is 75.8 Å². The quantitative estimate of drug-likeness (QED) is 0.588. The number of aliphatic carboxylic acids is 1. The number of benzene rings is 2. The van der Waals surface area contributed by atoms with E-state index in [-0.39, 0.29) is 18.7 Å². The molecule has 0 saturated carbocycles. The fourth-order valence-electron chi connectivity index (χ4n) is 2.16. The van der Waals surface area contributed by atoms with Gasteiger partial charge in [-0.3, -0.25) is 14.9 Å². The minimum Gasteiger partial charge on any atom is -0.481 e. The summed E-state index contributed by atoms with van der Waals surface area (Å²) >= 11 is 0. The third-order valence-electron chi connectivity index (χ3n) is 3.39. The van der Waals surface area contributed by atoms with Crippen LogP contribution >= 0.6 is 0 Å². The van der Waals surface area contributed by atoms with Crippen molar-refractivity contribution in [2.24, 2.45) is 0 Å². The molecule has 2 aromatic carbocycles. The molecule has 2 aromatic rings. The number of hydrogen-bond donors (Lipinski definition) is 2. The van der Waals surface area contributed by atoms with Crippen LogP contribution in [0.3, 0.4) is 0 Å². The van der Waals surface area contributed by atoms with Gasteiger partial charge < -0.3 is 15.2 Å². The average Bonchev–Trinajstić information content (AvgIpc) is 2.60. The van der Waals surface area contributed by atoms with Gasteiger partial charge in [0.05, 0.1) is 17.4 Å². The van der Waals surface area contributed by atoms with Crippen LogP contribution in [0.25, 0.3) is 0 Å². The number of amides is 1. The first-order valence-electron chi connectivity index (χ1n) is 7.39. The number of non-ortho nitro benzene ring substituents is 1. The summed E-state index contributed by atoms with van der Waals surface area (Å²) in [5.41, 5.74) is 1.11. The number of rotatable bonds is 7. The molecule has 0 unspecified atom stereocenters. The molecule has 0 aliphatic rings. The zero-order chi connectivity index (χ0) is 18.2. The van der Waals surface area contributed by atoms with Gasteiger partial charge in [-0.1, -0.05) is 42.5 Å². The summed E-state index contributed by atoms with van der Waals surface area (Å²) in [7, 11) is 0. The largest absolute Gasteiger partial charge is 0.481 e. The van der Waals surface area contributed by atoms with Crippen LogP contribution < -0.4 is 5.32 Å². The molecule has 8 heteroatoms. The molecule has 0 radical (unpaired) electrons. The fraction of sp³-hybridized carbons (Fsp3) is 0.176. The van der Waals surface area contributed by atoms with Gasteiger partial charge in [0.2, 0.25) is 0 Å². The van der Waals surface area contributed by atoms with Crippen molar-refractivity contribution in [3.63, 3.8) is 0 Å². The maximum Gasteiger partial charge on any atom is 0.407 e. The zero-order valence-corrected chi connectivity index (χ0v) is 13.1. The molecular weight excluding hydrogens is 328 g/mol. The van der Waals surface area contributed by atoms with Crippen LogP contribution in [0.4, 0.5) is 10.5 Å². The third kappa shape index (κ3) is 5.61. The monoisotopic (exact) mass is 344 g/mol. The molecule has 0 aromatic heterocycles. The van der Waals surface area contributed by atoms with Crippen LogP contribution in [0.1, 0.15) is 23.6 Å². The lowest BCUT2D eigenvalue weighted by Gasteiger charge is -2.17. The normalized spacial score (nSPS) is 11.4. The van der Waals surface area contributed by atoms with E-state index in [1.807, 2.05) is 6.07 Å². The van der Waals surface area contributed by atoms with Gasteiger partial charge in [0.25, 0.3) is 5.69 Å². The van der Waals surface area contributed by atoms with Crippen molar-refractivity contribution in [3.8, 4) is 0 Å². The van der Waals surface area contributed by atoms with E-state index in [4.69, 9.17) is 9.84 Å². The summed E-state index contributed by atoms with van der Waals surface area (Å²) in [6.07, 6.45) is -1.15. The van der Waals surface area contributed by atoms with E-state index in [0.29, 0.717) is 5.56 Å². The Morgan fingerprint density at radius 1 is 1.12 bits per heavy atom. The second-order valence-corrected chi connectivity index (χ2v) is 5.21. The molecule has 1 amide bonds. The van der Waals surface area contributed by atoms with E-state index in [2.05, 4.69) is 5.32 Å². The van der Waals surface area contributed by atoms with Crippen LogP contribution in [0.2, 0.25) is 0 Å². The molecule has 0 aliphatic carbocycles. The molecule has 2 rings (SSSR count). The number of nitrogens with one attached hydrogen (secondary N) is 1. The summed E-state index contributed by atoms with van der Waals surface area (Å²) in [5, 5.41) is 22.2. The Morgan fingerprint density at radius 2 is 1.76 bits per heavy atom. The van der Waals surface area contributed by atoms with Crippen LogP contribution in [-0.2, 0) is 16.1 Å². The molecule has 2 N–H and O–H groups in total. The summed E-state index contributed by atoms with van der Waals surface area (Å²) in [6.45, 7) is 0.0483. The number of nitro benzene ring substituents is 1. The van der Waals surface area contributed by atoms with Gasteiger partial charge >= 0.3 is 12.1 Å². The first kappa shape index (κ1) is 17.9. The molecule has 0 fully saturated rings. The molecule has 130 valence electrons. The third-order valence-corrected chi connectivity index (χ3v) is 3.39. The van der Waals surface area contributed by atoms with Crippen molar-refractivity contribution in [2.75, 3.05) is 0 Å². The lowest BCUT2D eigenvalue weighted by atomic mass is 10.0. The highest BCUT2D eigenvalue weighted by Crippen LogP contribution is 2.20. The van der Waals surface area contributed by atoms with Crippen molar-refractivity contribution in [1.82, 2.24) is 5.32 Å². The SMILES string of the molecule is O=C(O)C[C@@H](NC(=O)OCc1ccccc1)c1ccc([N+](=O)[O-])cc1. The highest BCUT2D eigenvalue weighted by atomic mass is 16.6. The number of carboxylic acids is 1. The number of carboxylic acid groups (broad SMARTS) is 1. The molecule has 0 aliphatic heterocycles. The number of carbonyl (C=O) groups is 2. The van der Waals surface area contributed by atoms with E-state index in [1.54, 1.807) is 24.3 Å². The fourth-order valence-corrected chi connectivity index (χ4v) is 2.16. The summed E-state index contributed by atoms with van der Waals surface area (Å²) in [5.74, 6) is -1.12. The van der Waals surface area contributed by atoms with E-state index in [9.17, 15) is 19.7 Å². The van der Waals surface area contributed by atoms with E-state index < -0.39 is 23.0 Å². The van der Waals surface area contributed by atoms with E-state index in [1.165, 1.54) is 24.3 Å². The van der Waals surface area contributed by atoms with Gasteiger partial charge in [-0.05, 0) is 11.1 Å². The van der Waals surface area contributed by atoms with Crippen LogP contribution in [-0.4, -0.2) is 22.1 Å². The Balaban J connectivity index is 2.02. The molecule has 1 atom stereocenters. The number of nitro groups is 1. The minimum absolute atomic E-state index is 0.0483. The molecule has 0 heterocycles. The first-order chi connectivity index (χ1) is 12.0. The zero-order valence-electron chi connectivity index (χ0n) is 13.1. The van der Waals surface area contributed by atoms with Gasteiger partial charge in [0, 0.05) is 12.1 Å². The standard InChI is InChI=1S/C17H16N2O6/c20-16(21)10-15(13-6-8-14(9-7-13)19(23)24)18-17(22)25-11-12-4-2-1-3-5-12/h1-9,15H,10-11H2,(H,18,22)(H,20,21)/t15-/m1/s1. The van der Waals surface area contributed by atoms with Crippen molar-refractivity contribution in [1.29, 1.82) is 0 Å². The number of carbonyl (C=O) groups excluding carboxylic acids is 1. The van der Waals surface area contributed by atoms with E-state index in [0.717, 1.165) is 5.56 Å². The van der Waals surface area contributed by atoms with Crippen LogP contribution in [0.5, 0.6) is 0 Å². The van der Waals surface area contributed by atoms with Gasteiger partial charge in [-0.15, -0.1) is 0 Å². The minimum atomic E-state index is -1.12. The second kappa shape index (κ2) is 8.44. The van der Waals surface area contributed by atoms with Gasteiger partial charge in [-0.25, -0.2) is 4.79 Å². The summed E-state index contributed by atoms with van der Waals surface area (Å²) in [6, 6.07) is 13.5. The van der Waals surface area contributed by atoms with Crippen molar-refractivity contribution >= 4 is 17.7 Å². The maximum atomic E-state index is 11.9. The van der Waals surface area contributed by atoms with Gasteiger partial charge in [0.1, 0.15) is 6.61 Å². The highest BCUT2D eigenvalue weighted by molar-refractivity contribution is 5.72. The predicted molar refractivity (Wildman–Crippen MR) is 87.9 cm³/mol. The number of hydrogen-bond acceptors (Lipinski definition) is 5. The lowest BCUT2D eigenvalue weighted by Crippen LogP contribution is -2.30. The predicted octanol–water partition coefficient (Wildman–Crippen LogP) is 3.04. The Kier molecular flexibility index (Phi) is 6.05. The Bertz CT molecular complexity index is 745. The summed E-state index contributed by atoms with van der Waals surface area (Å²) < 4.78 is 5.07. The lowest BCUT2D eigenvalue weighted by molar-refractivity contribution is -0.384. The Labute approximate surface area is 143 Å². The molecular formula is C17H16N2O6. The van der Waals surface area contributed by atoms with Crippen molar-refractivity contribution < 1.29 is 24.4 Å². The molecule has 0 saturated heterocycles. The molecule has 0 spiro atoms. The number of ether oxygens (including phenoxy) is 1. The Hall–Kier alpha value is -3.42.